The molecule has 17 heavy (non-hydrogen) atoms. The lowest BCUT2D eigenvalue weighted by Gasteiger charge is -2.12. The number of rotatable bonds is 6. The Morgan fingerprint density at radius 2 is 2.18 bits per heavy atom. The zero-order valence-electron chi connectivity index (χ0n) is 10.9. The summed E-state index contributed by atoms with van der Waals surface area (Å²) in [5.41, 5.74) is 2.05. The average Bonchev–Trinajstić information content (AvgIpc) is 2.30. The van der Waals surface area contributed by atoms with E-state index >= 15 is 0 Å². The zero-order chi connectivity index (χ0) is 12.7. The highest BCUT2D eigenvalue weighted by atomic mass is 16.1. The lowest BCUT2D eigenvalue weighted by Crippen LogP contribution is -2.20. The Labute approximate surface area is 104 Å². The molecule has 0 bridgehead atoms. The minimum atomic E-state index is 0.0768. The van der Waals surface area contributed by atoms with Crippen molar-refractivity contribution in [2.24, 2.45) is 5.92 Å². The molecule has 1 rings (SSSR count). The van der Waals surface area contributed by atoms with Crippen molar-refractivity contribution in [2.75, 3.05) is 12.4 Å². The summed E-state index contributed by atoms with van der Waals surface area (Å²) < 4.78 is 0. The SMILES string of the molecule is CCCC(C)C(=O)Nc1cccc(CNC)c1. The minimum Gasteiger partial charge on any atom is -0.326 e. The van der Waals surface area contributed by atoms with Crippen molar-refractivity contribution in [3.63, 3.8) is 0 Å². The van der Waals surface area contributed by atoms with Crippen LogP contribution in [-0.4, -0.2) is 13.0 Å². The molecule has 1 atom stereocenters. The Balaban J connectivity index is 2.61. The Morgan fingerprint density at radius 1 is 1.41 bits per heavy atom. The Bertz CT molecular complexity index is 363. The largest absolute Gasteiger partial charge is 0.326 e. The first kappa shape index (κ1) is 13.7. The number of hydrogen-bond donors (Lipinski definition) is 2. The van der Waals surface area contributed by atoms with Crippen LogP contribution in [0.2, 0.25) is 0 Å². The lowest BCUT2D eigenvalue weighted by molar-refractivity contribution is -0.119. The van der Waals surface area contributed by atoms with E-state index in [1.54, 1.807) is 0 Å². The van der Waals surface area contributed by atoms with Crippen molar-refractivity contribution >= 4 is 11.6 Å². The molecule has 1 unspecified atom stereocenters. The molecule has 0 heterocycles. The van der Waals surface area contributed by atoms with Crippen molar-refractivity contribution < 1.29 is 4.79 Å². The average molecular weight is 234 g/mol. The monoisotopic (exact) mass is 234 g/mol. The highest BCUT2D eigenvalue weighted by molar-refractivity contribution is 5.92. The van der Waals surface area contributed by atoms with Gasteiger partial charge < -0.3 is 10.6 Å². The molecule has 2 N–H and O–H groups in total. The fourth-order valence-corrected chi connectivity index (χ4v) is 1.79. The summed E-state index contributed by atoms with van der Waals surface area (Å²) in [6.45, 7) is 4.88. The van der Waals surface area contributed by atoms with Crippen LogP contribution >= 0.6 is 0 Å². The molecule has 0 aromatic heterocycles. The van der Waals surface area contributed by atoms with Gasteiger partial charge in [0.25, 0.3) is 0 Å². The van der Waals surface area contributed by atoms with Gasteiger partial charge in [0.1, 0.15) is 0 Å². The van der Waals surface area contributed by atoms with Gasteiger partial charge in [-0.15, -0.1) is 0 Å². The van der Waals surface area contributed by atoms with E-state index in [0.29, 0.717) is 0 Å². The van der Waals surface area contributed by atoms with Gasteiger partial charge in [-0.3, -0.25) is 4.79 Å². The molecule has 0 saturated carbocycles. The normalized spacial score (nSPS) is 12.2. The van der Waals surface area contributed by atoms with E-state index in [9.17, 15) is 4.79 Å². The fraction of sp³-hybridized carbons (Fsp3) is 0.500. The van der Waals surface area contributed by atoms with Gasteiger partial charge in [0.05, 0.1) is 0 Å². The molecule has 3 nitrogen and oxygen atoms in total. The molecule has 0 aliphatic carbocycles. The summed E-state index contributed by atoms with van der Waals surface area (Å²) >= 11 is 0. The van der Waals surface area contributed by atoms with E-state index in [-0.39, 0.29) is 11.8 Å². The van der Waals surface area contributed by atoms with Crippen molar-refractivity contribution in [1.29, 1.82) is 0 Å². The second kappa shape index (κ2) is 7.07. The van der Waals surface area contributed by atoms with Crippen molar-refractivity contribution in [3.05, 3.63) is 29.8 Å². The van der Waals surface area contributed by atoms with Crippen LogP contribution < -0.4 is 10.6 Å². The topological polar surface area (TPSA) is 41.1 Å². The number of nitrogens with one attached hydrogen (secondary N) is 2. The van der Waals surface area contributed by atoms with E-state index < -0.39 is 0 Å². The molecular weight excluding hydrogens is 212 g/mol. The van der Waals surface area contributed by atoms with E-state index in [1.165, 1.54) is 5.56 Å². The van der Waals surface area contributed by atoms with Crippen LogP contribution in [0, 0.1) is 5.92 Å². The number of carbonyl (C=O) groups is 1. The highest BCUT2D eigenvalue weighted by Gasteiger charge is 2.11. The summed E-state index contributed by atoms with van der Waals surface area (Å²) in [4.78, 5) is 11.8. The van der Waals surface area contributed by atoms with Gasteiger partial charge in [-0.2, -0.15) is 0 Å². The summed E-state index contributed by atoms with van der Waals surface area (Å²) in [5.74, 6) is 0.182. The molecule has 1 amide bonds. The maximum atomic E-state index is 11.8. The zero-order valence-corrected chi connectivity index (χ0v) is 10.9. The van der Waals surface area contributed by atoms with Crippen LogP contribution in [0.3, 0.4) is 0 Å². The molecule has 0 radical (unpaired) electrons. The number of anilines is 1. The van der Waals surface area contributed by atoms with Crippen molar-refractivity contribution in [1.82, 2.24) is 5.32 Å². The van der Waals surface area contributed by atoms with Crippen LogP contribution in [0.15, 0.2) is 24.3 Å². The predicted molar refractivity (Wildman–Crippen MR) is 71.9 cm³/mol. The lowest BCUT2D eigenvalue weighted by atomic mass is 10.1. The maximum absolute atomic E-state index is 11.8. The smallest absolute Gasteiger partial charge is 0.227 e. The molecule has 0 aliphatic heterocycles. The molecule has 0 fully saturated rings. The third-order valence-corrected chi connectivity index (χ3v) is 2.74. The Kier molecular flexibility index (Phi) is 5.70. The fourth-order valence-electron chi connectivity index (χ4n) is 1.79. The molecule has 3 heteroatoms. The molecule has 1 aromatic rings. The molecular formula is C14H22N2O. The summed E-state index contributed by atoms with van der Waals surface area (Å²) in [6.07, 6.45) is 1.97. The maximum Gasteiger partial charge on any atom is 0.227 e. The molecule has 0 spiro atoms. The number of carbonyl (C=O) groups excluding carboxylic acids is 1. The first-order valence-corrected chi connectivity index (χ1v) is 6.21. The molecule has 1 aromatic carbocycles. The molecule has 94 valence electrons. The van der Waals surface area contributed by atoms with Crippen LogP contribution in [0.25, 0.3) is 0 Å². The van der Waals surface area contributed by atoms with Crippen molar-refractivity contribution in [3.8, 4) is 0 Å². The summed E-state index contributed by atoms with van der Waals surface area (Å²) in [6, 6.07) is 7.94. The van der Waals surface area contributed by atoms with Gasteiger partial charge in [-0.05, 0) is 31.2 Å². The predicted octanol–water partition coefficient (Wildman–Crippen LogP) is 2.78. The second-order valence-corrected chi connectivity index (χ2v) is 4.41. The van der Waals surface area contributed by atoms with E-state index in [1.807, 2.05) is 38.2 Å². The van der Waals surface area contributed by atoms with Crippen LogP contribution in [0.5, 0.6) is 0 Å². The van der Waals surface area contributed by atoms with Gasteiger partial charge in [-0.25, -0.2) is 0 Å². The Morgan fingerprint density at radius 3 is 2.82 bits per heavy atom. The van der Waals surface area contributed by atoms with Crippen LogP contribution in [0.4, 0.5) is 5.69 Å². The van der Waals surface area contributed by atoms with Gasteiger partial charge in [0, 0.05) is 18.2 Å². The number of benzene rings is 1. The number of amides is 1. The van der Waals surface area contributed by atoms with E-state index in [4.69, 9.17) is 0 Å². The van der Waals surface area contributed by atoms with E-state index in [0.717, 1.165) is 25.1 Å². The first-order chi connectivity index (χ1) is 8.17. The number of hydrogen-bond acceptors (Lipinski definition) is 2. The molecule has 0 saturated heterocycles. The van der Waals surface area contributed by atoms with Crippen LogP contribution in [0.1, 0.15) is 32.3 Å². The highest BCUT2D eigenvalue weighted by Crippen LogP contribution is 2.13. The second-order valence-electron chi connectivity index (χ2n) is 4.41. The van der Waals surface area contributed by atoms with Gasteiger partial charge in [-0.1, -0.05) is 32.4 Å². The third kappa shape index (κ3) is 4.57. The molecule has 0 aliphatic rings. The standard InChI is InChI=1S/C14H22N2O/c1-4-6-11(2)14(17)16-13-8-5-7-12(9-13)10-15-3/h5,7-9,11,15H,4,6,10H2,1-3H3,(H,16,17). The van der Waals surface area contributed by atoms with Gasteiger partial charge in [0.15, 0.2) is 0 Å². The first-order valence-electron chi connectivity index (χ1n) is 6.21. The van der Waals surface area contributed by atoms with E-state index in [2.05, 4.69) is 17.6 Å². The van der Waals surface area contributed by atoms with Gasteiger partial charge >= 0.3 is 0 Å². The summed E-state index contributed by atoms with van der Waals surface area (Å²) in [5, 5.41) is 6.05. The van der Waals surface area contributed by atoms with Crippen LogP contribution in [-0.2, 0) is 11.3 Å². The minimum absolute atomic E-state index is 0.0768. The quantitative estimate of drug-likeness (QED) is 0.794. The van der Waals surface area contributed by atoms with Gasteiger partial charge in [0.2, 0.25) is 5.91 Å². The summed E-state index contributed by atoms with van der Waals surface area (Å²) in [7, 11) is 1.91. The Hall–Kier alpha value is -1.35. The third-order valence-electron chi connectivity index (χ3n) is 2.74. The van der Waals surface area contributed by atoms with Crippen molar-refractivity contribution in [2.45, 2.75) is 33.2 Å².